The summed E-state index contributed by atoms with van der Waals surface area (Å²) in [4.78, 5) is 10.7. The largest absolute Gasteiger partial charge is 0.507 e. The van der Waals surface area contributed by atoms with Crippen LogP contribution in [0.1, 0.15) is 52.9 Å². The van der Waals surface area contributed by atoms with Gasteiger partial charge in [-0.05, 0) is 32.8 Å². The lowest BCUT2D eigenvalue weighted by molar-refractivity contribution is -0.921. The molecule has 0 spiro atoms. The highest BCUT2D eigenvalue weighted by Crippen LogP contribution is 2.12. The van der Waals surface area contributed by atoms with Gasteiger partial charge in [0.2, 0.25) is 0 Å². The lowest BCUT2D eigenvalue weighted by atomic mass is 10.2. The number of quaternary nitrogens is 1. The SMILES string of the molecule is CCCCC/C=C(\O)C[N+](CC)(CC)CCC(=O)O. The molecular formula is C15H30NO3+. The summed E-state index contributed by atoms with van der Waals surface area (Å²) in [5, 5.41) is 18.8. The standard InChI is InChI=1S/C15H29NO3/c1-4-7-8-9-10-14(17)13-16(5-2,6-3)12-11-15(18)19/h10H,4-9,11-13H2,1-3H3,(H-,17,18,19)/p+1/b14-10-. The van der Waals surface area contributed by atoms with Crippen LogP contribution >= 0.6 is 0 Å². The molecule has 0 fully saturated rings. The molecule has 0 saturated carbocycles. The molecule has 0 unspecified atom stereocenters. The Morgan fingerprint density at radius 1 is 1.11 bits per heavy atom. The van der Waals surface area contributed by atoms with Gasteiger partial charge in [0.25, 0.3) is 0 Å². The maximum Gasteiger partial charge on any atom is 0.309 e. The number of aliphatic hydroxyl groups is 1. The molecule has 0 aliphatic carbocycles. The molecule has 0 saturated heterocycles. The number of carbonyl (C=O) groups is 1. The van der Waals surface area contributed by atoms with Gasteiger partial charge in [0.1, 0.15) is 12.3 Å². The summed E-state index contributed by atoms with van der Waals surface area (Å²) in [5.74, 6) is -0.360. The molecule has 19 heavy (non-hydrogen) atoms. The third kappa shape index (κ3) is 7.88. The van der Waals surface area contributed by atoms with Crippen LogP contribution in [0.3, 0.4) is 0 Å². The van der Waals surface area contributed by atoms with Crippen molar-refractivity contribution in [3.63, 3.8) is 0 Å². The maximum absolute atomic E-state index is 10.7. The first-order chi connectivity index (χ1) is 8.99. The fraction of sp³-hybridized carbons (Fsp3) is 0.800. The van der Waals surface area contributed by atoms with E-state index in [-0.39, 0.29) is 6.42 Å². The van der Waals surface area contributed by atoms with E-state index in [1.165, 1.54) is 12.8 Å². The first-order valence-electron chi connectivity index (χ1n) is 7.44. The van der Waals surface area contributed by atoms with Crippen molar-refractivity contribution in [2.75, 3.05) is 26.2 Å². The van der Waals surface area contributed by atoms with Crippen LogP contribution in [0.4, 0.5) is 0 Å². The Morgan fingerprint density at radius 2 is 1.74 bits per heavy atom. The minimum Gasteiger partial charge on any atom is -0.507 e. The van der Waals surface area contributed by atoms with Crippen LogP contribution in [-0.2, 0) is 4.79 Å². The predicted molar refractivity (Wildman–Crippen MR) is 78.2 cm³/mol. The highest BCUT2D eigenvalue weighted by molar-refractivity contribution is 5.66. The number of rotatable bonds is 11. The van der Waals surface area contributed by atoms with Crippen molar-refractivity contribution in [1.82, 2.24) is 0 Å². The van der Waals surface area contributed by atoms with Crippen LogP contribution in [0.15, 0.2) is 11.8 Å². The van der Waals surface area contributed by atoms with Crippen molar-refractivity contribution in [1.29, 1.82) is 0 Å². The fourth-order valence-corrected chi connectivity index (χ4v) is 2.25. The number of aliphatic carboxylic acids is 1. The van der Waals surface area contributed by atoms with E-state index in [1.807, 2.05) is 6.08 Å². The quantitative estimate of drug-likeness (QED) is 0.344. The Balaban J connectivity index is 4.41. The van der Waals surface area contributed by atoms with Crippen molar-refractivity contribution in [2.24, 2.45) is 0 Å². The van der Waals surface area contributed by atoms with Gasteiger partial charge in [0.15, 0.2) is 0 Å². The van der Waals surface area contributed by atoms with Crippen LogP contribution in [0, 0.1) is 0 Å². The van der Waals surface area contributed by atoms with Gasteiger partial charge in [0, 0.05) is 0 Å². The van der Waals surface area contributed by atoms with E-state index in [0.29, 0.717) is 23.3 Å². The average molecular weight is 272 g/mol. The van der Waals surface area contributed by atoms with Crippen LogP contribution in [-0.4, -0.2) is 46.8 Å². The second kappa shape index (κ2) is 9.84. The molecule has 2 N–H and O–H groups in total. The van der Waals surface area contributed by atoms with Crippen molar-refractivity contribution in [3.05, 3.63) is 11.8 Å². The number of carboxylic acid groups (broad SMARTS) is 1. The maximum atomic E-state index is 10.7. The van der Waals surface area contributed by atoms with Gasteiger partial charge in [-0.15, -0.1) is 0 Å². The molecule has 0 rings (SSSR count). The summed E-state index contributed by atoms with van der Waals surface area (Å²) in [6.45, 7) is 9.08. The molecule has 0 aromatic heterocycles. The normalized spacial score (nSPS) is 12.7. The zero-order valence-electron chi connectivity index (χ0n) is 12.7. The van der Waals surface area contributed by atoms with Gasteiger partial charge < -0.3 is 14.7 Å². The number of likely N-dealkylation sites (N-methyl/N-ethyl adjacent to an activating group) is 1. The predicted octanol–water partition coefficient (Wildman–Crippen LogP) is 3.34. The summed E-state index contributed by atoms with van der Waals surface area (Å²) in [6.07, 6.45) is 6.43. The molecule has 0 atom stereocenters. The average Bonchev–Trinajstić information content (AvgIpc) is 2.39. The molecule has 0 bridgehead atoms. The van der Waals surface area contributed by atoms with E-state index in [1.54, 1.807) is 0 Å². The minimum atomic E-state index is -0.768. The fourth-order valence-electron chi connectivity index (χ4n) is 2.25. The molecule has 0 amide bonds. The first-order valence-corrected chi connectivity index (χ1v) is 7.44. The highest BCUT2D eigenvalue weighted by atomic mass is 16.4. The molecule has 0 aromatic rings. The molecule has 4 nitrogen and oxygen atoms in total. The van der Waals surface area contributed by atoms with Gasteiger partial charge in [-0.2, -0.15) is 0 Å². The summed E-state index contributed by atoms with van der Waals surface area (Å²) in [6, 6.07) is 0. The Bertz CT molecular complexity index is 283. The number of unbranched alkanes of at least 4 members (excludes halogenated alkanes) is 3. The van der Waals surface area contributed by atoms with E-state index in [4.69, 9.17) is 5.11 Å². The lowest BCUT2D eigenvalue weighted by Crippen LogP contribution is -2.50. The summed E-state index contributed by atoms with van der Waals surface area (Å²) in [5.41, 5.74) is 0. The van der Waals surface area contributed by atoms with Gasteiger partial charge in [-0.3, -0.25) is 4.79 Å². The molecular weight excluding hydrogens is 242 g/mol. The van der Waals surface area contributed by atoms with Crippen molar-refractivity contribution in [3.8, 4) is 0 Å². The molecule has 0 heterocycles. The number of aliphatic hydroxyl groups excluding tert-OH is 1. The van der Waals surface area contributed by atoms with E-state index in [2.05, 4.69) is 20.8 Å². The number of allylic oxidation sites excluding steroid dienone is 1. The lowest BCUT2D eigenvalue weighted by Gasteiger charge is -2.36. The smallest absolute Gasteiger partial charge is 0.309 e. The van der Waals surface area contributed by atoms with Gasteiger partial charge in [0.05, 0.1) is 26.1 Å². The van der Waals surface area contributed by atoms with Crippen molar-refractivity contribution < 1.29 is 19.5 Å². The number of hydrogen-bond donors (Lipinski definition) is 2. The first kappa shape index (κ1) is 18.0. The molecule has 112 valence electrons. The summed E-state index contributed by atoms with van der Waals surface area (Å²) < 4.78 is 0.641. The third-order valence-electron chi connectivity index (χ3n) is 3.83. The topological polar surface area (TPSA) is 57.5 Å². The Hall–Kier alpha value is -1.03. The van der Waals surface area contributed by atoms with Gasteiger partial charge >= 0.3 is 5.97 Å². The zero-order chi connectivity index (χ0) is 14.7. The van der Waals surface area contributed by atoms with Crippen molar-refractivity contribution >= 4 is 5.97 Å². The summed E-state index contributed by atoms with van der Waals surface area (Å²) in [7, 11) is 0. The number of carboxylic acids is 1. The van der Waals surface area contributed by atoms with Crippen LogP contribution < -0.4 is 0 Å². The number of hydrogen-bond acceptors (Lipinski definition) is 2. The van der Waals surface area contributed by atoms with Crippen molar-refractivity contribution in [2.45, 2.75) is 52.9 Å². The molecule has 0 aliphatic heterocycles. The molecule has 0 aliphatic rings. The number of nitrogens with zero attached hydrogens (tertiary/aromatic N) is 1. The minimum absolute atomic E-state index is 0.158. The third-order valence-corrected chi connectivity index (χ3v) is 3.83. The highest BCUT2D eigenvalue weighted by Gasteiger charge is 2.25. The Kier molecular flexibility index (Phi) is 9.31. The van der Waals surface area contributed by atoms with E-state index < -0.39 is 5.97 Å². The van der Waals surface area contributed by atoms with Crippen LogP contribution in [0.25, 0.3) is 0 Å². The molecule has 0 radical (unpaired) electrons. The summed E-state index contributed by atoms with van der Waals surface area (Å²) >= 11 is 0. The molecule has 0 aromatic carbocycles. The van der Waals surface area contributed by atoms with Crippen LogP contribution in [0.5, 0.6) is 0 Å². The van der Waals surface area contributed by atoms with Crippen LogP contribution in [0.2, 0.25) is 0 Å². The monoisotopic (exact) mass is 272 g/mol. The Morgan fingerprint density at radius 3 is 2.21 bits per heavy atom. The van der Waals surface area contributed by atoms with Gasteiger partial charge in [-0.1, -0.05) is 19.8 Å². The van der Waals surface area contributed by atoms with E-state index >= 15 is 0 Å². The second-order valence-electron chi connectivity index (χ2n) is 5.19. The zero-order valence-corrected chi connectivity index (χ0v) is 12.7. The van der Waals surface area contributed by atoms with E-state index in [9.17, 15) is 9.90 Å². The van der Waals surface area contributed by atoms with E-state index in [0.717, 1.165) is 25.9 Å². The second-order valence-corrected chi connectivity index (χ2v) is 5.19. The molecule has 4 heteroatoms. The Labute approximate surface area is 117 Å². The van der Waals surface area contributed by atoms with Gasteiger partial charge in [-0.25, -0.2) is 0 Å².